The fourth-order valence-corrected chi connectivity index (χ4v) is 4.00. The molecule has 1 aromatic carbocycles. The molecule has 0 amide bonds. The summed E-state index contributed by atoms with van der Waals surface area (Å²) in [5, 5.41) is 13.7. The van der Waals surface area contributed by atoms with Crippen LogP contribution in [0.4, 0.5) is 11.8 Å². The lowest BCUT2D eigenvalue weighted by Crippen LogP contribution is -2.31. The second kappa shape index (κ2) is 8.49. The fourth-order valence-electron chi connectivity index (χ4n) is 3.75. The third-order valence-electron chi connectivity index (χ3n) is 5.43. The zero-order chi connectivity index (χ0) is 22.1. The third kappa shape index (κ3) is 4.04. The van der Waals surface area contributed by atoms with Crippen molar-refractivity contribution in [3.05, 3.63) is 50.7 Å². The van der Waals surface area contributed by atoms with Gasteiger partial charge in [-0.1, -0.05) is 17.7 Å². The molecule has 1 fully saturated rings. The first-order valence-electron chi connectivity index (χ1n) is 10.1. The molecule has 10 heteroatoms. The van der Waals surface area contributed by atoms with E-state index in [1.165, 1.54) is 0 Å². The van der Waals surface area contributed by atoms with Crippen molar-refractivity contribution in [3.63, 3.8) is 0 Å². The predicted molar refractivity (Wildman–Crippen MR) is 120 cm³/mol. The summed E-state index contributed by atoms with van der Waals surface area (Å²) >= 11 is 6.32. The highest BCUT2D eigenvalue weighted by molar-refractivity contribution is 6.35. The number of aromatic nitrogens is 4. The average Bonchev–Trinajstić information content (AvgIpc) is 3.56. The predicted octanol–water partition coefficient (Wildman–Crippen LogP) is 2.51. The number of anilines is 2. The minimum absolute atomic E-state index is 0.0762. The maximum absolute atomic E-state index is 13.4. The molecule has 0 saturated heterocycles. The molecule has 4 rings (SSSR count). The van der Waals surface area contributed by atoms with Crippen molar-refractivity contribution in [2.75, 3.05) is 17.6 Å². The van der Waals surface area contributed by atoms with Gasteiger partial charge in [0.2, 0.25) is 5.95 Å². The number of halogens is 1. The molecule has 31 heavy (non-hydrogen) atoms. The number of hydrogen-bond acceptors (Lipinski definition) is 8. The molecule has 0 aliphatic heterocycles. The number of benzene rings is 1. The lowest BCUT2D eigenvalue weighted by molar-refractivity contribution is 0.530. The number of nitrogens with zero attached hydrogens (tertiary/aromatic N) is 5. The van der Waals surface area contributed by atoms with E-state index in [2.05, 4.69) is 21.4 Å². The summed E-state index contributed by atoms with van der Waals surface area (Å²) in [5.74, 6) is 1.24. The maximum atomic E-state index is 13.4. The van der Waals surface area contributed by atoms with Gasteiger partial charge in [-0.25, -0.2) is 9.97 Å². The van der Waals surface area contributed by atoms with Gasteiger partial charge >= 0.3 is 0 Å². The van der Waals surface area contributed by atoms with E-state index < -0.39 is 0 Å². The highest BCUT2D eigenvalue weighted by Gasteiger charge is 2.36. The van der Waals surface area contributed by atoms with E-state index in [0.29, 0.717) is 58.3 Å². The number of rotatable bonds is 7. The summed E-state index contributed by atoms with van der Waals surface area (Å²) in [5.41, 5.74) is 12.7. The van der Waals surface area contributed by atoms with E-state index in [1.54, 1.807) is 29.7 Å². The Bertz CT molecular complexity index is 1240. The van der Waals surface area contributed by atoms with Gasteiger partial charge in [0.15, 0.2) is 0 Å². The first kappa shape index (κ1) is 21.0. The molecular formula is C21H23ClN8O. The van der Waals surface area contributed by atoms with Crippen LogP contribution in [0.15, 0.2) is 23.0 Å². The number of nitrogen functional groups attached to an aromatic ring is 1. The SMILES string of the molecule is Cc1nc(N)nc(N[C@H](c2nc3cccc(Cl)c3c(=O)n2CCCN)C2CC2)c1C#N. The average molecular weight is 439 g/mol. The first-order valence-corrected chi connectivity index (χ1v) is 10.5. The van der Waals surface area contributed by atoms with Crippen LogP contribution in [0, 0.1) is 24.2 Å². The number of hydrogen-bond donors (Lipinski definition) is 3. The van der Waals surface area contributed by atoms with Crippen LogP contribution in [0.2, 0.25) is 5.02 Å². The molecular weight excluding hydrogens is 416 g/mol. The van der Waals surface area contributed by atoms with E-state index in [0.717, 1.165) is 12.8 Å². The molecule has 1 saturated carbocycles. The molecule has 3 aromatic rings. The van der Waals surface area contributed by atoms with Gasteiger partial charge in [-0.15, -0.1) is 0 Å². The molecule has 0 radical (unpaired) electrons. The lowest BCUT2D eigenvalue weighted by Gasteiger charge is -2.24. The molecule has 0 spiro atoms. The van der Waals surface area contributed by atoms with Crippen molar-refractivity contribution >= 4 is 34.3 Å². The van der Waals surface area contributed by atoms with Crippen LogP contribution >= 0.6 is 11.6 Å². The molecule has 1 atom stereocenters. The minimum atomic E-state index is -0.324. The highest BCUT2D eigenvalue weighted by Crippen LogP contribution is 2.42. The van der Waals surface area contributed by atoms with Gasteiger partial charge in [0.05, 0.1) is 27.7 Å². The van der Waals surface area contributed by atoms with E-state index in [9.17, 15) is 10.1 Å². The molecule has 1 aliphatic rings. The van der Waals surface area contributed by atoms with Crippen LogP contribution in [0.5, 0.6) is 0 Å². The summed E-state index contributed by atoms with van der Waals surface area (Å²) in [6.07, 6.45) is 2.56. The number of fused-ring (bicyclic) bond motifs is 1. The molecule has 0 bridgehead atoms. The first-order chi connectivity index (χ1) is 14.9. The zero-order valence-corrected chi connectivity index (χ0v) is 17.9. The fraction of sp³-hybridized carbons (Fsp3) is 0.381. The Morgan fingerprint density at radius 3 is 2.81 bits per heavy atom. The van der Waals surface area contributed by atoms with E-state index in [1.807, 2.05) is 0 Å². The summed E-state index contributed by atoms with van der Waals surface area (Å²) in [7, 11) is 0. The van der Waals surface area contributed by atoms with Crippen molar-refractivity contribution in [3.8, 4) is 6.07 Å². The second-order valence-corrected chi connectivity index (χ2v) is 8.07. The molecule has 0 unspecified atom stereocenters. The zero-order valence-electron chi connectivity index (χ0n) is 17.1. The van der Waals surface area contributed by atoms with Crippen LogP contribution < -0.4 is 22.3 Å². The van der Waals surface area contributed by atoms with Gasteiger partial charge in [0, 0.05) is 6.54 Å². The smallest absolute Gasteiger partial charge is 0.262 e. The Hall–Kier alpha value is -3.22. The monoisotopic (exact) mass is 438 g/mol. The van der Waals surface area contributed by atoms with Gasteiger partial charge in [0.25, 0.3) is 5.56 Å². The van der Waals surface area contributed by atoms with E-state index in [4.69, 9.17) is 28.1 Å². The molecule has 2 heterocycles. The molecule has 1 aliphatic carbocycles. The van der Waals surface area contributed by atoms with Crippen LogP contribution in [-0.2, 0) is 6.54 Å². The summed E-state index contributed by atoms with van der Waals surface area (Å²) in [4.78, 5) is 26.5. The Kier molecular flexibility index (Phi) is 5.76. The summed E-state index contributed by atoms with van der Waals surface area (Å²) in [6.45, 7) is 2.56. The second-order valence-electron chi connectivity index (χ2n) is 7.67. The van der Waals surface area contributed by atoms with Gasteiger partial charge in [0.1, 0.15) is 23.3 Å². The van der Waals surface area contributed by atoms with Crippen LogP contribution in [0.3, 0.4) is 0 Å². The van der Waals surface area contributed by atoms with Gasteiger partial charge in [-0.05, 0) is 50.8 Å². The topological polar surface area (TPSA) is 149 Å². The Morgan fingerprint density at radius 2 is 2.13 bits per heavy atom. The van der Waals surface area contributed by atoms with E-state index >= 15 is 0 Å². The highest BCUT2D eigenvalue weighted by atomic mass is 35.5. The summed E-state index contributed by atoms with van der Waals surface area (Å²) in [6, 6.07) is 7.04. The minimum Gasteiger partial charge on any atom is -0.368 e. The standard InChI is InChI=1S/C21H23ClN8O/c1-11-13(10-24)18(29-21(25)26-11)28-17(12-6-7-12)19-27-15-5-2-4-14(22)16(15)20(31)30(19)9-3-8-23/h2,4-5,12,17H,3,6-9,23H2,1H3,(H3,25,26,28,29)/t17-/m0/s1. The Balaban J connectivity index is 1.89. The quantitative estimate of drug-likeness (QED) is 0.509. The molecule has 9 nitrogen and oxygen atoms in total. The largest absolute Gasteiger partial charge is 0.368 e. The van der Waals surface area contributed by atoms with Crippen molar-refractivity contribution < 1.29 is 0 Å². The van der Waals surface area contributed by atoms with Gasteiger partial charge < -0.3 is 16.8 Å². The Morgan fingerprint density at radius 1 is 1.35 bits per heavy atom. The number of nitrogens with two attached hydrogens (primary N) is 2. The number of aryl methyl sites for hydroxylation is 1. The third-order valence-corrected chi connectivity index (χ3v) is 5.75. The van der Waals surface area contributed by atoms with Crippen molar-refractivity contribution in [1.29, 1.82) is 5.26 Å². The van der Waals surface area contributed by atoms with Crippen molar-refractivity contribution in [2.45, 2.75) is 38.8 Å². The van der Waals surface area contributed by atoms with Crippen molar-refractivity contribution in [2.24, 2.45) is 11.7 Å². The lowest BCUT2D eigenvalue weighted by atomic mass is 10.1. The van der Waals surface area contributed by atoms with Crippen LogP contribution in [0.25, 0.3) is 10.9 Å². The van der Waals surface area contributed by atoms with Crippen LogP contribution in [0.1, 0.15) is 42.4 Å². The van der Waals surface area contributed by atoms with Gasteiger partial charge in [-0.3, -0.25) is 9.36 Å². The molecule has 2 aromatic heterocycles. The summed E-state index contributed by atoms with van der Waals surface area (Å²) < 4.78 is 1.64. The molecule has 160 valence electrons. The number of nitriles is 1. The van der Waals surface area contributed by atoms with E-state index in [-0.39, 0.29) is 23.5 Å². The Labute approximate surface area is 184 Å². The van der Waals surface area contributed by atoms with Crippen molar-refractivity contribution in [1.82, 2.24) is 19.5 Å². The molecule has 5 N–H and O–H groups in total. The maximum Gasteiger partial charge on any atom is 0.262 e. The number of nitrogens with one attached hydrogen (secondary N) is 1. The van der Waals surface area contributed by atoms with Gasteiger partial charge in [-0.2, -0.15) is 10.2 Å². The normalized spacial score (nSPS) is 14.4. The van der Waals surface area contributed by atoms with Crippen LogP contribution in [-0.4, -0.2) is 26.1 Å².